The van der Waals surface area contributed by atoms with Crippen molar-refractivity contribution in [3.63, 3.8) is 0 Å². The average molecular weight is 248 g/mol. The fourth-order valence-corrected chi connectivity index (χ4v) is 2.09. The molecule has 89 valence electrons. The maximum Gasteiger partial charge on any atom is 0.267 e. The van der Waals surface area contributed by atoms with Crippen LogP contribution >= 0.6 is 11.9 Å². The minimum atomic E-state index is -0.152. The van der Waals surface area contributed by atoms with Crippen molar-refractivity contribution in [2.45, 2.75) is 13.3 Å². The second-order valence-corrected chi connectivity index (χ2v) is 4.69. The molecule has 0 bridgehead atoms. The van der Waals surface area contributed by atoms with Crippen LogP contribution in [0.25, 0.3) is 0 Å². The van der Waals surface area contributed by atoms with Gasteiger partial charge in [-0.15, -0.1) is 0 Å². The summed E-state index contributed by atoms with van der Waals surface area (Å²) in [6, 6.07) is 7.19. The summed E-state index contributed by atoms with van der Waals surface area (Å²) < 4.78 is 1.59. The molecular formula is C12H14N3OS. The number of nitrogens with zero attached hydrogens (tertiary/aromatic N) is 1. The molecule has 1 aliphatic rings. The summed E-state index contributed by atoms with van der Waals surface area (Å²) in [5.74, 6) is -0.152. The number of hydrogen-bond acceptors (Lipinski definition) is 4. The highest BCUT2D eigenvalue weighted by molar-refractivity contribution is 8.00. The largest absolute Gasteiger partial charge is 0.298 e. The van der Waals surface area contributed by atoms with Gasteiger partial charge in [0, 0.05) is 16.7 Å². The lowest BCUT2D eigenvalue weighted by Crippen LogP contribution is -2.41. The second-order valence-electron chi connectivity index (χ2n) is 3.62. The van der Waals surface area contributed by atoms with E-state index in [2.05, 4.69) is 24.7 Å². The van der Waals surface area contributed by atoms with Gasteiger partial charge in [0.2, 0.25) is 0 Å². The van der Waals surface area contributed by atoms with Crippen LogP contribution in [0.4, 0.5) is 0 Å². The van der Waals surface area contributed by atoms with E-state index in [-0.39, 0.29) is 5.91 Å². The van der Waals surface area contributed by atoms with Crippen molar-refractivity contribution in [1.82, 2.24) is 15.4 Å². The number of allylic oxidation sites excluding steroid dienone is 1. The van der Waals surface area contributed by atoms with Gasteiger partial charge in [-0.2, -0.15) is 0 Å². The highest BCUT2D eigenvalue weighted by atomic mass is 32.2. The average Bonchev–Trinajstić information content (AvgIpc) is 2.77. The zero-order chi connectivity index (χ0) is 12.3. The quantitative estimate of drug-likeness (QED) is 0.805. The number of nitrogens with one attached hydrogen (secondary N) is 2. The smallest absolute Gasteiger partial charge is 0.267 e. The molecule has 1 aromatic carbocycles. The highest BCUT2D eigenvalue weighted by Crippen LogP contribution is 2.24. The van der Waals surface area contributed by atoms with Crippen LogP contribution in [0.5, 0.6) is 0 Å². The molecule has 1 radical (unpaired) electrons. The van der Waals surface area contributed by atoms with Gasteiger partial charge in [0.15, 0.2) is 0 Å². The van der Waals surface area contributed by atoms with E-state index in [1.165, 1.54) is 16.9 Å². The normalized spacial score (nSPS) is 15.3. The summed E-state index contributed by atoms with van der Waals surface area (Å²) in [5, 5.41) is 0. The molecule has 0 fully saturated rings. The Morgan fingerprint density at radius 3 is 3.06 bits per heavy atom. The number of carbonyl (C=O) groups is 1. The predicted octanol–water partition coefficient (Wildman–Crippen LogP) is 2.23. The molecule has 1 aromatic rings. The second kappa shape index (κ2) is 5.25. The van der Waals surface area contributed by atoms with Gasteiger partial charge in [0.1, 0.15) is 0 Å². The lowest BCUT2D eigenvalue weighted by molar-refractivity contribution is 0.0871. The molecule has 0 saturated heterocycles. The van der Waals surface area contributed by atoms with Gasteiger partial charge in [-0.3, -0.25) is 15.6 Å². The van der Waals surface area contributed by atoms with E-state index in [1.807, 2.05) is 18.3 Å². The Hall–Kier alpha value is -1.46. The van der Waals surface area contributed by atoms with Gasteiger partial charge in [0.25, 0.3) is 5.91 Å². The molecule has 2 N–H and O–H groups in total. The molecule has 1 heterocycles. The van der Waals surface area contributed by atoms with E-state index in [9.17, 15) is 4.79 Å². The Kier molecular flexibility index (Phi) is 3.71. The van der Waals surface area contributed by atoms with Crippen molar-refractivity contribution in [2.75, 3.05) is 0 Å². The molecule has 0 aliphatic carbocycles. The van der Waals surface area contributed by atoms with Gasteiger partial charge < -0.3 is 0 Å². The van der Waals surface area contributed by atoms with Crippen LogP contribution in [0.15, 0.2) is 35.4 Å². The van der Waals surface area contributed by atoms with Crippen LogP contribution < -0.4 is 10.9 Å². The zero-order valence-corrected chi connectivity index (χ0v) is 10.4. The SMILES string of the molecule is [CH2]c1cccc(C(=O)NN2NC=C(CC)S2)c1. The van der Waals surface area contributed by atoms with E-state index >= 15 is 0 Å². The van der Waals surface area contributed by atoms with Crippen LogP contribution in [0.3, 0.4) is 0 Å². The van der Waals surface area contributed by atoms with Crippen LogP contribution in [0, 0.1) is 6.92 Å². The van der Waals surface area contributed by atoms with Crippen molar-refractivity contribution < 1.29 is 4.79 Å². The third-order valence-corrected chi connectivity index (χ3v) is 3.31. The molecular weight excluding hydrogens is 234 g/mol. The maximum atomic E-state index is 11.9. The van der Waals surface area contributed by atoms with E-state index in [1.54, 1.807) is 16.7 Å². The molecule has 1 amide bonds. The summed E-state index contributed by atoms with van der Waals surface area (Å²) in [6.07, 6.45) is 2.82. The summed E-state index contributed by atoms with van der Waals surface area (Å²) in [6.45, 7) is 5.86. The van der Waals surface area contributed by atoms with Crippen LogP contribution in [0.1, 0.15) is 29.3 Å². The highest BCUT2D eigenvalue weighted by Gasteiger charge is 2.16. The first-order valence-electron chi connectivity index (χ1n) is 5.35. The molecule has 1 aliphatic heterocycles. The minimum absolute atomic E-state index is 0.152. The topological polar surface area (TPSA) is 44.4 Å². The third kappa shape index (κ3) is 3.01. The van der Waals surface area contributed by atoms with Crippen molar-refractivity contribution in [3.05, 3.63) is 53.4 Å². The molecule has 17 heavy (non-hydrogen) atoms. The number of hydrogen-bond donors (Lipinski definition) is 2. The predicted molar refractivity (Wildman–Crippen MR) is 69.3 cm³/mol. The van der Waals surface area contributed by atoms with Gasteiger partial charge in [-0.25, -0.2) is 0 Å². The van der Waals surface area contributed by atoms with E-state index in [0.717, 1.165) is 12.0 Å². The number of hydrazine groups is 2. The van der Waals surface area contributed by atoms with E-state index in [0.29, 0.717) is 5.56 Å². The number of carbonyl (C=O) groups excluding carboxylic acids is 1. The lowest BCUT2D eigenvalue weighted by Gasteiger charge is -2.15. The van der Waals surface area contributed by atoms with Gasteiger partial charge in [-0.1, -0.05) is 23.6 Å². The van der Waals surface area contributed by atoms with Crippen molar-refractivity contribution in [3.8, 4) is 0 Å². The number of rotatable bonds is 3. The van der Waals surface area contributed by atoms with Crippen LogP contribution in [0.2, 0.25) is 0 Å². The fourth-order valence-electron chi connectivity index (χ4n) is 1.39. The Balaban J connectivity index is 1.95. The Morgan fingerprint density at radius 2 is 2.41 bits per heavy atom. The summed E-state index contributed by atoms with van der Waals surface area (Å²) in [7, 11) is 0. The molecule has 0 spiro atoms. The van der Waals surface area contributed by atoms with Gasteiger partial charge in [0.05, 0.1) is 0 Å². The fraction of sp³-hybridized carbons (Fsp3) is 0.167. The van der Waals surface area contributed by atoms with Gasteiger partial charge in [-0.05, 0) is 43.0 Å². The third-order valence-electron chi connectivity index (χ3n) is 2.29. The first-order chi connectivity index (χ1) is 8.19. The van der Waals surface area contributed by atoms with Crippen LogP contribution in [-0.4, -0.2) is 10.4 Å². The molecule has 0 aromatic heterocycles. The summed E-state index contributed by atoms with van der Waals surface area (Å²) in [5.41, 5.74) is 7.14. The Morgan fingerprint density at radius 1 is 1.59 bits per heavy atom. The Bertz CT molecular complexity index is 459. The molecule has 0 saturated carbocycles. The molecule has 0 unspecified atom stereocenters. The summed E-state index contributed by atoms with van der Waals surface area (Å²) >= 11 is 1.47. The lowest BCUT2D eigenvalue weighted by atomic mass is 10.1. The summed E-state index contributed by atoms with van der Waals surface area (Å²) in [4.78, 5) is 13.1. The van der Waals surface area contributed by atoms with Crippen molar-refractivity contribution in [2.24, 2.45) is 0 Å². The van der Waals surface area contributed by atoms with E-state index < -0.39 is 0 Å². The maximum absolute atomic E-state index is 11.9. The number of amides is 1. The first-order valence-corrected chi connectivity index (χ1v) is 6.12. The molecule has 4 nitrogen and oxygen atoms in total. The molecule has 0 atom stereocenters. The van der Waals surface area contributed by atoms with Crippen molar-refractivity contribution >= 4 is 17.9 Å². The zero-order valence-electron chi connectivity index (χ0n) is 9.56. The Labute approximate surface area is 105 Å². The van der Waals surface area contributed by atoms with Crippen molar-refractivity contribution in [1.29, 1.82) is 0 Å². The van der Waals surface area contributed by atoms with E-state index in [4.69, 9.17) is 0 Å². The molecule has 5 heteroatoms. The standard InChI is InChI=1S/C12H14N3OS/c1-3-11-8-13-15(17-11)14-12(16)10-6-4-5-9(2)7-10/h4-8,13H,2-3H2,1H3,(H,14,16). The van der Waals surface area contributed by atoms with Crippen LogP contribution in [-0.2, 0) is 0 Å². The molecule has 2 rings (SSSR count). The first kappa shape index (κ1) is 12.0. The monoisotopic (exact) mass is 248 g/mol. The number of benzene rings is 1. The minimum Gasteiger partial charge on any atom is -0.298 e. The van der Waals surface area contributed by atoms with Gasteiger partial charge >= 0.3 is 0 Å².